The molecule has 2 atom stereocenters. The van der Waals surface area contributed by atoms with Crippen LogP contribution in [0.4, 0.5) is 4.79 Å². The number of carboxylic acid groups (broad SMARTS) is 1. The second-order valence-electron chi connectivity index (χ2n) is 5.13. The number of amides is 2. The van der Waals surface area contributed by atoms with Crippen LogP contribution < -0.4 is 15.4 Å². The predicted octanol–water partition coefficient (Wildman–Crippen LogP) is 2.31. The molecule has 0 saturated heterocycles. The molecule has 1 aromatic carbocycles. The lowest BCUT2D eigenvalue weighted by molar-refractivity contribution is -0.138. The molecule has 2 amide bonds. The average molecular weight is 294 g/mol. The molecule has 3 N–H and O–H groups in total. The Morgan fingerprint density at radius 1 is 1.10 bits per heavy atom. The van der Waals surface area contributed by atoms with Crippen molar-refractivity contribution in [2.45, 2.75) is 45.9 Å². The molecule has 21 heavy (non-hydrogen) atoms. The van der Waals surface area contributed by atoms with Crippen LogP contribution in [0.3, 0.4) is 0 Å². The second-order valence-corrected chi connectivity index (χ2v) is 5.13. The van der Waals surface area contributed by atoms with Crippen LogP contribution in [0.2, 0.25) is 0 Å². The Morgan fingerprint density at radius 3 is 2.29 bits per heavy atom. The molecule has 6 heteroatoms. The third kappa shape index (κ3) is 5.33. The zero-order chi connectivity index (χ0) is 16.0. The van der Waals surface area contributed by atoms with Crippen molar-refractivity contribution < 1.29 is 19.4 Å². The molecular weight excluding hydrogens is 272 g/mol. The van der Waals surface area contributed by atoms with Gasteiger partial charge in [-0.25, -0.2) is 4.79 Å². The average Bonchev–Trinajstić information content (AvgIpc) is 2.38. The summed E-state index contributed by atoms with van der Waals surface area (Å²) in [6.45, 7) is 7.19. The van der Waals surface area contributed by atoms with E-state index in [1.54, 1.807) is 6.92 Å². The minimum atomic E-state index is -1.09. The van der Waals surface area contributed by atoms with Crippen molar-refractivity contribution in [3.63, 3.8) is 0 Å². The zero-order valence-electron chi connectivity index (χ0n) is 12.7. The fourth-order valence-electron chi connectivity index (χ4n) is 1.77. The van der Waals surface area contributed by atoms with Gasteiger partial charge in [-0.15, -0.1) is 0 Å². The molecule has 0 heterocycles. The predicted molar refractivity (Wildman–Crippen MR) is 79.4 cm³/mol. The number of hydrogen-bond donors (Lipinski definition) is 3. The normalized spacial score (nSPS) is 13.4. The molecule has 0 aliphatic heterocycles. The Hall–Kier alpha value is -2.24. The van der Waals surface area contributed by atoms with Crippen LogP contribution in [-0.4, -0.2) is 29.4 Å². The largest absolute Gasteiger partial charge is 0.480 e. The maximum atomic E-state index is 11.6. The number of carboxylic acids is 1. The third-order valence-electron chi connectivity index (χ3n) is 2.90. The van der Waals surface area contributed by atoms with Crippen LogP contribution in [-0.2, 0) is 4.79 Å². The van der Waals surface area contributed by atoms with E-state index in [9.17, 15) is 9.59 Å². The van der Waals surface area contributed by atoms with Crippen LogP contribution in [0.1, 0.15) is 39.2 Å². The van der Waals surface area contributed by atoms with Crippen LogP contribution in [0.5, 0.6) is 5.75 Å². The van der Waals surface area contributed by atoms with Gasteiger partial charge in [0.2, 0.25) is 0 Å². The summed E-state index contributed by atoms with van der Waals surface area (Å²) in [7, 11) is 0. The Balaban J connectivity index is 2.60. The first-order chi connectivity index (χ1) is 9.81. The number of urea groups is 1. The quantitative estimate of drug-likeness (QED) is 0.703. The smallest absolute Gasteiger partial charge is 0.325 e. The van der Waals surface area contributed by atoms with Gasteiger partial charge in [-0.3, -0.25) is 4.79 Å². The summed E-state index contributed by atoms with van der Waals surface area (Å²) < 4.78 is 5.70. The summed E-state index contributed by atoms with van der Waals surface area (Å²) in [5, 5.41) is 13.6. The summed E-state index contributed by atoms with van der Waals surface area (Å²) in [5.74, 6) is -0.0929. The van der Waals surface area contributed by atoms with Gasteiger partial charge in [0.25, 0.3) is 0 Å². The first-order valence-corrected chi connectivity index (χ1v) is 6.86. The number of benzene rings is 1. The fourth-order valence-corrected chi connectivity index (χ4v) is 1.77. The molecule has 0 aromatic heterocycles. The van der Waals surface area contributed by atoms with E-state index in [0.29, 0.717) is 11.7 Å². The van der Waals surface area contributed by atoms with E-state index in [0.717, 1.165) is 5.56 Å². The number of para-hydroxylation sites is 1. The second kappa shape index (κ2) is 7.52. The molecule has 1 aromatic rings. The van der Waals surface area contributed by atoms with E-state index >= 15 is 0 Å². The summed E-state index contributed by atoms with van der Waals surface area (Å²) in [5.41, 5.74) is 1.05. The van der Waals surface area contributed by atoms with Crippen molar-refractivity contribution >= 4 is 12.0 Å². The highest BCUT2D eigenvalue weighted by Gasteiger charge is 2.16. The number of ether oxygens (including phenoxy) is 1. The number of nitrogens with one attached hydrogen (secondary N) is 2. The summed E-state index contributed by atoms with van der Waals surface area (Å²) in [4.78, 5) is 22.3. The van der Waals surface area contributed by atoms with Gasteiger partial charge in [0, 0.05) is 0 Å². The van der Waals surface area contributed by atoms with Crippen LogP contribution in [0.15, 0.2) is 24.3 Å². The van der Waals surface area contributed by atoms with Gasteiger partial charge in [0.1, 0.15) is 11.8 Å². The Morgan fingerprint density at radius 2 is 1.71 bits per heavy atom. The van der Waals surface area contributed by atoms with E-state index in [2.05, 4.69) is 24.5 Å². The first kappa shape index (κ1) is 16.8. The van der Waals surface area contributed by atoms with Gasteiger partial charge in [-0.05, 0) is 31.4 Å². The monoisotopic (exact) mass is 294 g/mol. The Bertz CT molecular complexity index is 502. The molecule has 0 bridgehead atoms. The van der Waals surface area contributed by atoms with E-state index in [1.165, 1.54) is 6.92 Å². The van der Waals surface area contributed by atoms with Gasteiger partial charge in [0.15, 0.2) is 6.23 Å². The van der Waals surface area contributed by atoms with E-state index in [-0.39, 0.29) is 0 Å². The highest BCUT2D eigenvalue weighted by molar-refractivity contribution is 5.82. The molecule has 0 aliphatic carbocycles. The van der Waals surface area contributed by atoms with Crippen molar-refractivity contribution in [3.8, 4) is 5.75 Å². The highest BCUT2D eigenvalue weighted by Crippen LogP contribution is 2.26. The lowest BCUT2D eigenvalue weighted by atomic mass is 10.0. The van der Waals surface area contributed by atoms with Crippen molar-refractivity contribution in [3.05, 3.63) is 29.8 Å². The van der Waals surface area contributed by atoms with Crippen molar-refractivity contribution in [1.82, 2.24) is 10.6 Å². The molecular formula is C15H22N2O4. The van der Waals surface area contributed by atoms with Gasteiger partial charge in [-0.2, -0.15) is 0 Å². The topological polar surface area (TPSA) is 87.7 Å². The van der Waals surface area contributed by atoms with Gasteiger partial charge in [0.05, 0.1) is 0 Å². The van der Waals surface area contributed by atoms with E-state index in [1.807, 2.05) is 24.3 Å². The van der Waals surface area contributed by atoms with Crippen molar-refractivity contribution in [1.29, 1.82) is 0 Å². The number of carbonyl (C=O) groups is 2. The minimum absolute atomic E-state index is 0.300. The Kier molecular flexibility index (Phi) is 6.02. The number of hydrogen-bond acceptors (Lipinski definition) is 3. The van der Waals surface area contributed by atoms with Crippen molar-refractivity contribution in [2.75, 3.05) is 0 Å². The summed E-state index contributed by atoms with van der Waals surface area (Å²) in [6, 6.07) is 6.06. The number of carbonyl (C=O) groups excluding carboxylic acids is 1. The van der Waals surface area contributed by atoms with Crippen LogP contribution in [0.25, 0.3) is 0 Å². The van der Waals surface area contributed by atoms with Gasteiger partial charge >= 0.3 is 12.0 Å². The summed E-state index contributed by atoms with van der Waals surface area (Å²) >= 11 is 0. The molecule has 0 fully saturated rings. The zero-order valence-corrected chi connectivity index (χ0v) is 12.7. The Labute approximate surface area is 124 Å². The number of rotatable bonds is 6. The first-order valence-electron chi connectivity index (χ1n) is 6.86. The summed E-state index contributed by atoms with van der Waals surface area (Å²) in [6.07, 6.45) is -0.578. The van der Waals surface area contributed by atoms with E-state index < -0.39 is 24.3 Å². The SMILES string of the molecule is CC(NC(=O)NC(C)C(=O)O)Oc1ccccc1C(C)C. The minimum Gasteiger partial charge on any atom is -0.480 e. The molecule has 0 spiro atoms. The van der Waals surface area contributed by atoms with E-state index in [4.69, 9.17) is 9.84 Å². The molecule has 6 nitrogen and oxygen atoms in total. The maximum Gasteiger partial charge on any atom is 0.325 e. The van der Waals surface area contributed by atoms with Crippen LogP contribution in [0, 0.1) is 0 Å². The molecule has 2 unspecified atom stereocenters. The molecule has 116 valence electrons. The molecule has 0 saturated carbocycles. The lowest BCUT2D eigenvalue weighted by Crippen LogP contribution is -2.48. The third-order valence-corrected chi connectivity index (χ3v) is 2.90. The van der Waals surface area contributed by atoms with Gasteiger partial charge in [-0.1, -0.05) is 32.0 Å². The number of aliphatic carboxylic acids is 1. The van der Waals surface area contributed by atoms with Crippen LogP contribution >= 0.6 is 0 Å². The molecule has 1 rings (SSSR count). The lowest BCUT2D eigenvalue weighted by Gasteiger charge is -2.20. The molecule has 0 radical (unpaired) electrons. The maximum absolute atomic E-state index is 11.6. The highest BCUT2D eigenvalue weighted by atomic mass is 16.5. The van der Waals surface area contributed by atoms with Crippen molar-refractivity contribution in [2.24, 2.45) is 0 Å². The molecule has 0 aliphatic rings. The standard InChI is InChI=1S/C15H22N2O4/c1-9(2)12-7-5-6-8-13(12)21-11(4)17-15(20)16-10(3)14(18)19/h5-11H,1-4H3,(H,18,19)(H2,16,17,20). The van der Waals surface area contributed by atoms with Gasteiger partial charge < -0.3 is 20.5 Å². The fraction of sp³-hybridized carbons (Fsp3) is 0.467.